The lowest BCUT2D eigenvalue weighted by atomic mass is 9.91. The van der Waals surface area contributed by atoms with Crippen LogP contribution in [0, 0.1) is 6.92 Å². The Morgan fingerprint density at radius 3 is 2.38 bits per heavy atom. The van der Waals surface area contributed by atoms with Gasteiger partial charge in [0.15, 0.2) is 0 Å². The number of hydrogen-bond acceptors (Lipinski definition) is 5. The van der Waals surface area contributed by atoms with E-state index in [9.17, 15) is 18.3 Å². The minimum Gasteiger partial charge on any atom is -0.508 e. The molecule has 3 rings (SSSR count). The summed E-state index contributed by atoms with van der Waals surface area (Å²) < 4.78 is 26.4. The van der Waals surface area contributed by atoms with E-state index in [1.165, 1.54) is 6.07 Å². The van der Waals surface area contributed by atoms with Crippen LogP contribution in [0.15, 0.2) is 46.2 Å². The van der Waals surface area contributed by atoms with Gasteiger partial charge in [0, 0.05) is 22.9 Å². The van der Waals surface area contributed by atoms with E-state index >= 15 is 0 Å². The first kappa shape index (κ1) is 16.9. The van der Waals surface area contributed by atoms with Crippen LogP contribution in [-0.4, -0.2) is 23.1 Å². The number of carbonyl (C=O) groups is 1. The number of sulfonamides is 1. The average Bonchev–Trinajstić information content (AvgIpc) is 2.70. The fourth-order valence-corrected chi connectivity index (χ4v) is 5.61. The molecule has 0 atom stereocenters. The summed E-state index contributed by atoms with van der Waals surface area (Å²) in [7, 11) is -4.00. The van der Waals surface area contributed by atoms with Crippen molar-refractivity contribution in [2.24, 2.45) is 0 Å². The van der Waals surface area contributed by atoms with Crippen LogP contribution in [0.1, 0.15) is 41.3 Å². The molecule has 1 amide bonds. The molecule has 7 heteroatoms. The predicted octanol–water partition coefficient (Wildman–Crippen LogP) is 3.68. The maximum Gasteiger partial charge on any atom is 0.279 e. The van der Waals surface area contributed by atoms with E-state index in [1.807, 2.05) is 19.9 Å². The summed E-state index contributed by atoms with van der Waals surface area (Å²) >= 11 is 0.869. The number of hydrogen-bond donors (Lipinski definition) is 1. The SMILES string of the molecule is Cc1c(O)cc2c(c1C(C)C)C(=O)N(Sc1ccccc1)S2(=O)=O. The van der Waals surface area contributed by atoms with Gasteiger partial charge in [0.1, 0.15) is 10.6 Å². The van der Waals surface area contributed by atoms with Crippen molar-refractivity contribution in [3.05, 3.63) is 53.1 Å². The molecule has 126 valence electrons. The van der Waals surface area contributed by atoms with Crippen molar-refractivity contribution < 1.29 is 18.3 Å². The van der Waals surface area contributed by atoms with Gasteiger partial charge in [-0.05, 0) is 36.1 Å². The molecule has 2 aromatic carbocycles. The maximum absolute atomic E-state index is 12.8. The van der Waals surface area contributed by atoms with Gasteiger partial charge in [0.25, 0.3) is 15.9 Å². The fourth-order valence-electron chi connectivity index (χ4n) is 2.87. The maximum atomic E-state index is 12.8. The zero-order valence-electron chi connectivity index (χ0n) is 13.5. The highest BCUT2D eigenvalue weighted by molar-refractivity contribution is 8.09. The molecule has 0 saturated carbocycles. The van der Waals surface area contributed by atoms with E-state index in [0.717, 1.165) is 15.7 Å². The Morgan fingerprint density at radius 1 is 1.17 bits per heavy atom. The van der Waals surface area contributed by atoms with E-state index in [0.29, 0.717) is 16.0 Å². The van der Waals surface area contributed by atoms with Gasteiger partial charge in [-0.1, -0.05) is 32.0 Å². The number of phenolic OH excluding ortho intramolecular Hbond substituents is 1. The summed E-state index contributed by atoms with van der Waals surface area (Å²) in [6.07, 6.45) is 0. The Bertz CT molecular complexity index is 921. The van der Waals surface area contributed by atoms with E-state index < -0.39 is 15.9 Å². The number of carbonyl (C=O) groups excluding carboxylic acids is 1. The van der Waals surface area contributed by atoms with E-state index in [4.69, 9.17) is 0 Å². The summed E-state index contributed by atoms with van der Waals surface area (Å²) in [4.78, 5) is 13.4. The lowest BCUT2D eigenvalue weighted by molar-refractivity contribution is 0.0933. The van der Waals surface area contributed by atoms with Crippen molar-refractivity contribution in [2.75, 3.05) is 0 Å². The second-order valence-corrected chi connectivity index (χ2v) is 8.91. The molecule has 5 nitrogen and oxygen atoms in total. The van der Waals surface area contributed by atoms with Crippen molar-refractivity contribution in [3.63, 3.8) is 0 Å². The standard InChI is InChI=1S/C17H17NO4S2/c1-10(2)15-11(3)13(19)9-14-16(15)17(20)18(24(14,21)22)23-12-7-5-4-6-8-12/h4-10,19H,1-3H3. The van der Waals surface area contributed by atoms with Gasteiger partial charge in [-0.15, -0.1) is 0 Å². The summed E-state index contributed by atoms with van der Waals surface area (Å²) in [6, 6.07) is 10.0. The molecule has 0 radical (unpaired) electrons. The molecule has 0 fully saturated rings. The van der Waals surface area contributed by atoms with Crippen LogP contribution in [0.2, 0.25) is 0 Å². The van der Waals surface area contributed by atoms with Crippen molar-refractivity contribution in [1.82, 2.24) is 3.71 Å². The van der Waals surface area contributed by atoms with Gasteiger partial charge < -0.3 is 5.11 Å². The number of amides is 1. The van der Waals surface area contributed by atoms with E-state index in [2.05, 4.69) is 0 Å². The number of fused-ring (bicyclic) bond motifs is 1. The minimum atomic E-state index is -4.00. The third-order valence-corrected chi connectivity index (χ3v) is 7.06. The van der Waals surface area contributed by atoms with Crippen molar-refractivity contribution >= 4 is 27.9 Å². The molecule has 0 bridgehead atoms. The molecule has 1 heterocycles. The van der Waals surface area contributed by atoms with Crippen LogP contribution in [0.4, 0.5) is 0 Å². The lowest BCUT2D eigenvalue weighted by Gasteiger charge is -2.14. The smallest absolute Gasteiger partial charge is 0.279 e. The molecule has 0 saturated heterocycles. The summed E-state index contributed by atoms with van der Waals surface area (Å²) in [6.45, 7) is 5.43. The molecule has 2 aromatic rings. The largest absolute Gasteiger partial charge is 0.508 e. The van der Waals surface area contributed by atoms with Crippen LogP contribution >= 0.6 is 11.9 Å². The predicted molar refractivity (Wildman–Crippen MR) is 92.6 cm³/mol. The van der Waals surface area contributed by atoms with Crippen molar-refractivity contribution in [3.8, 4) is 5.75 Å². The van der Waals surface area contributed by atoms with Crippen molar-refractivity contribution in [1.29, 1.82) is 0 Å². The molecular formula is C17H17NO4S2. The number of phenols is 1. The molecule has 0 aliphatic carbocycles. The van der Waals surface area contributed by atoms with Crippen LogP contribution in [0.25, 0.3) is 0 Å². The Kier molecular flexibility index (Phi) is 4.09. The van der Waals surface area contributed by atoms with E-state index in [1.54, 1.807) is 31.2 Å². The molecular weight excluding hydrogens is 346 g/mol. The summed E-state index contributed by atoms with van der Waals surface area (Å²) in [5.74, 6) is -0.766. The third-order valence-electron chi connectivity index (χ3n) is 3.96. The molecule has 0 unspecified atom stereocenters. The Balaban J connectivity index is 2.19. The first-order chi connectivity index (χ1) is 11.2. The molecule has 24 heavy (non-hydrogen) atoms. The minimum absolute atomic E-state index is 0.0910. The molecule has 1 aliphatic heterocycles. The topological polar surface area (TPSA) is 74.7 Å². The zero-order chi connectivity index (χ0) is 17.6. The van der Waals surface area contributed by atoms with Gasteiger partial charge in [0.2, 0.25) is 0 Å². The van der Waals surface area contributed by atoms with Crippen molar-refractivity contribution in [2.45, 2.75) is 36.5 Å². The lowest BCUT2D eigenvalue weighted by Crippen LogP contribution is -2.22. The first-order valence-corrected chi connectivity index (χ1v) is 9.65. The van der Waals surface area contributed by atoms with Crippen LogP contribution in [0.3, 0.4) is 0 Å². The molecule has 0 spiro atoms. The third kappa shape index (κ3) is 2.48. The molecule has 0 aromatic heterocycles. The number of nitrogens with zero attached hydrogens (tertiary/aromatic N) is 1. The Hall–Kier alpha value is -1.99. The number of benzene rings is 2. The van der Waals surface area contributed by atoms with Gasteiger partial charge >= 0.3 is 0 Å². The molecule has 1 aliphatic rings. The highest BCUT2D eigenvalue weighted by Crippen LogP contribution is 2.44. The molecule has 1 N–H and O–H groups in total. The number of aromatic hydroxyl groups is 1. The second kappa shape index (κ2) is 5.82. The highest BCUT2D eigenvalue weighted by Gasteiger charge is 2.45. The highest BCUT2D eigenvalue weighted by atomic mass is 32.3. The summed E-state index contributed by atoms with van der Waals surface area (Å²) in [5, 5.41) is 10.1. The quantitative estimate of drug-likeness (QED) is 0.842. The number of rotatable bonds is 3. The van der Waals surface area contributed by atoms with Crippen LogP contribution < -0.4 is 0 Å². The normalized spacial score (nSPS) is 15.8. The van der Waals surface area contributed by atoms with Gasteiger partial charge in [-0.2, -0.15) is 3.71 Å². The van der Waals surface area contributed by atoms with Gasteiger partial charge in [0.05, 0.1) is 5.56 Å². The monoisotopic (exact) mass is 363 g/mol. The second-order valence-electron chi connectivity index (χ2n) is 5.90. The summed E-state index contributed by atoms with van der Waals surface area (Å²) in [5.41, 5.74) is 1.29. The van der Waals surface area contributed by atoms with Crippen LogP contribution in [0.5, 0.6) is 5.75 Å². The van der Waals surface area contributed by atoms with Gasteiger partial charge in [-0.3, -0.25) is 4.79 Å². The fraction of sp³-hybridized carbons (Fsp3) is 0.235. The Labute approximate surface area is 145 Å². The Morgan fingerprint density at radius 2 is 1.79 bits per heavy atom. The van der Waals surface area contributed by atoms with Crippen LogP contribution in [-0.2, 0) is 10.0 Å². The average molecular weight is 363 g/mol. The zero-order valence-corrected chi connectivity index (χ0v) is 15.1. The van der Waals surface area contributed by atoms with Gasteiger partial charge in [-0.25, -0.2) is 8.42 Å². The van der Waals surface area contributed by atoms with E-state index in [-0.39, 0.29) is 22.1 Å². The first-order valence-electron chi connectivity index (χ1n) is 7.44.